The predicted octanol–water partition coefficient (Wildman–Crippen LogP) is 3.17. The second-order valence-electron chi connectivity index (χ2n) is 7.02. The maximum Gasteiger partial charge on any atom is 0.220 e. The van der Waals surface area contributed by atoms with Crippen molar-refractivity contribution in [3.63, 3.8) is 0 Å². The third-order valence-electron chi connectivity index (χ3n) is 5.04. The highest BCUT2D eigenvalue weighted by molar-refractivity contribution is 5.76. The molecule has 0 aromatic heterocycles. The maximum atomic E-state index is 12.2. The van der Waals surface area contributed by atoms with E-state index in [-0.39, 0.29) is 5.91 Å². The molecule has 1 atom stereocenters. The van der Waals surface area contributed by atoms with Gasteiger partial charge in [0.25, 0.3) is 0 Å². The first-order valence-electron chi connectivity index (χ1n) is 10.00. The van der Waals surface area contributed by atoms with Crippen LogP contribution in [0.4, 0.5) is 0 Å². The highest BCUT2D eigenvalue weighted by atomic mass is 16.5. The van der Waals surface area contributed by atoms with Crippen molar-refractivity contribution in [1.82, 2.24) is 10.6 Å². The number of rotatable bonds is 10. The van der Waals surface area contributed by atoms with Crippen molar-refractivity contribution in [1.29, 1.82) is 0 Å². The van der Waals surface area contributed by atoms with Crippen molar-refractivity contribution < 1.29 is 14.3 Å². The molecule has 1 aromatic carbocycles. The van der Waals surface area contributed by atoms with Crippen molar-refractivity contribution in [3.05, 3.63) is 23.8 Å². The molecule has 146 valence electrons. The molecule has 0 spiro atoms. The van der Waals surface area contributed by atoms with E-state index in [9.17, 15) is 4.79 Å². The zero-order valence-corrected chi connectivity index (χ0v) is 16.5. The van der Waals surface area contributed by atoms with Crippen LogP contribution in [-0.2, 0) is 11.2 Å². The summed E-state index contributed by atoms with van der Waals surface area (Å²) in [7, 11) is 0. The Morgan fingerprint density at radius 1 is 1.19 bits per heavy atom. The Hall–Kier alpha value is -1.75. The van der Waals surface area contributed by atoms with Crippen molar-refractivity contribution >= 4 is 5.91 Å². The first-order valence-corrected chi connectivity index (χ1v) is 10.00. The summed E-state index contributed by atoms with van der Waals surface area (Å²) in [5, 5.41) is 6.45. The zero-order chi connectivity index (χ0) is 18.8. The van der Waals surface area contributed by atoms with Crippen molar-refractivity contribution in [2.75, 3.05) is 32.8 Å². The molecule has 2 rings (SSSR count). The van der Waals surface area contributed by atoms with Crippen molar-refractivity contribution in [2.45, 2.75) is 46.5 Å². The molecule has 1 amide bonds. The number of ether oxygens (including phenoxy) is 2. The lowest BCUT2D eigenvalue weighted by Crippen LogP contribution is -2.34. The quantitative estimate of drug-likeness (QED) is 0.671. The van der Waals surface area contributed by atoms with Gasteiger partial charge >= 0.3 is 0 Å². The number of hydrogen-bond donors (Lipinski definition) is 2. The van der Waals surface area contributed by atoms with Gasteiger partial charge in [0.2, 0.25) is 5.91 Å². The van der Waals surface area contributed by atoms with Crippen LogP contribution in [0.25, 0.3) is 0 Å². The normalized spacial score (nSPS) is 16.1. The van der Waals surface area contributed by atoms with Crippen LogP contribution in [-0.4, -0.2) is 38.8 Å². The summed E-state index contributed by atoms with van der Waals surface area (Å²) < 4.78 is 11.2. The average molecular weight is 363 g/mol. The lowest BCUT2D eigenvalue weighted by Gasteiger charge is -2.27. The third-order valence-corrected chi connectivity index (χ3v) is 5.04. The Balaban J connectivity index is 1.77. The molecule has 26 heavy (non-hydrogen) atoms. The SMILES string of the molecule is CCOc1ccc(CCNC(=O)CC(C)C2CCNCC2)cc1OCC. The topological polar surface area (TPSA) is 59.6 Å². The Morgan fingerprint density at radius 2 is 1.88 bits per heavy atom. The third kappa shape index (κ3) is 6.52. The highest BCUT2D eigenvalue weighted by Crippen LogP contribution is 2.28. The number of hydrogen-bond acceptors (Lipinski definition) is 4. The van der Waals surface area contributed by atoms with Crippen LogP contribution >= 0.6 is 0 Å². The minimum Gasteiger partial charge on any atom is -0.490 e. The molecule has 1 fully saturated rings. The fraction of sp³-hybridized carbons (Fsp3) is 0.667. The van der Waals surface area contributed by atoms with Crippen LogP contribution in [0, 0.1) is 11.8 Å². The van der Waals surface area contributed by atoms with E-state index in [1.165, 1.54) is 12.8 Å². The molecule has 0 radical (unpaired) electrons. The fourth-order valence-electron chi connectivity index (χ4n) is 3.54. The Labute approximate surface area is 157 Å². The first kappa shape index (κ1) is 20.6. The molecule has 1 aliphatic rings. The van der Waals surface area contributed by atoms with Gasteiger partial charge in [-0.25, -0.2) is 0 Å². The van der Waals surface area contributed by atoms with E-state index in [4.69, 9.17) is 9.47 Å². The highest BCUT2D eigenvalue weighted by Gasteiger charge is 2.21. The molecule has 0 aliphatic carbocycles. The number of carbonyl (C=O) groups excluding carboxylic acids is 1. The van der Waals surface area contributed by atoms with Crippen LogP contribution in [0.3, 0.4) is 0 Å². The Bertz CT molecular complexity index is 556. The fourth-order valence-corrected chi connectivity index (χ4v) is 3.54. The number of piperidine rings is 1. The van der Waals surface area contributed by atoms with Gasteiger partial charge < -0.3 is 20.1 Å². The van der Waals surface area contributed by atoms with E-state index >= 15 is 0 Å². The maximum absolute atomic E-state index is 12.2. The molecule has 2 N–H and O–H groups in total. The van der Waals surface area contributed by atoms with Gasteiger partial charge in [-0.3, -0.25) is 4.79 Å². The second-order valence-corrected chi connectivity index (χ2v) is 7.02. The van der Waals surface area contributed by atoms with E-state index in [0.717, 1.165) is 36.6 Å². The van der Waals surface area contributed by atoms with Crippen LogP contribution in [0.15, 0.2) is 18.2 Å². The smallest absolute Gasteiger partial charge is 0.220 e. The van der Waals surface area contributed by atoms with Gasteiger partial charge in [-0.15, -0.1) is 0 Å². The monoisotopic (exact) mass is 362 g/mol. The van der Waals surface area contributed by atoms with Crippen LogP contribution in [0.2, 0.25) is 0 Å². The van der Waals surface area contributed by atoms with Crippen LogP contribution < -0.4 is 20.1 Å². The second kappa shape index (κ2) is 11.1. The van der Waals surface area contributed by atoms with Gasteiger partial charge in [-0.05, 0) is 75.7 Å². The summed E-state index contributed by atoms with van der Waals surface area (Å²) in [5.74, 6) is 2.83. The molecule has 5 heteroatoms. The van der Waals surface area contributed by atoms with Gasteiger partial charge in [-0.1, -0.05) is 13.0 Å². The molecule has 0 saturated carbocycles. The molecular weight excluding hydrogens is 328 g/mol. The molecule has 0 bridgehead atoms. The lowest BCUT2D eigenvalue weighted by molar-refractivity contribution is -0.122. The summed E-state index contributed by atoms with van der Waals surface area (Å²) in [6, 6.07) is 6.00. The number of carbonyl (C=O) groups is 1. The predicted molar refractivity (Wildman–Crippen MR) is 105 cm³/mol. The first-order chi connectivity index (χ1) is 12.6. The van der Waals surface area contributed by atoms with E-state index in [1.54, 1.807) is 0 Å². The Kier molecular flexibility index (Phi) is 8.75. The Morgan fingerprint density at radius 3 is 2.58 bits per heavy atom. The summed E-state index contributed by atoms with van der Waals surface area (Å²) in [4.78, 5) is 12.2. The lowest BCUT2D eigenvalue weighted by atomic mass is 9.84. The number of nitrogens with one attached hydrogen (secondary N) is 2. The summed E-state index contributed by atoms with van der Waals surface area (Å²) in [6.07, 6.45) is 3.78. The van der Waals surface area contributed by atoms with Gasteiger partial charge in [0.15, 0.2) is 11.5 Å². The summed E-state index contributed by atoms with van der Waals surface area (Å²) in [6.45, 7) is 10.2. The van der Waals surface area contributed by atoms with E-state index in [0.29, 0.717) is 38.0 Å². The van der Waals surface area contributed by atoms with Crippen LogP contribution in [0.5, 0.6) is 11.5 Å². The van der Waals surface area contributed by atoms with Crippen molar-refractivity contribution in [2.24, 2.45) is 11.8 Å². The van der Waals surface area contributed by atoms with Crippen LogP contribution in [0.1, 0.15) is 45.6 Å². The average Bonchev–Trinajstić information content (AvgIpc) is 2.65. The van der Waals surface area contributed by atoms with Crippen molar-refractivity contribution in [3.8, 4) is 11.5 Å². The minimum atomic E-state index is 0.159. The summed E-state index contributed by atoms with van der Waals surface area (Å²) in [5.41, 5.74) is 1.14. The number of amides is 1. The van der Waals surface area contributed by atoms with Gasteiger partial charge in [-0.2, -0.15) is 0 Å². The largest absolute Gasteiger partial charge is 0.490 e. The van der Waals surface area contributed by atoms with E-state index in [1.807, 2.05) is 32.0 Å². The zero-order valence-electron chi connectivity index (χ0n) is 16.5. The molecular formula is C21H34N2O3. The van der Waals surface area contributed by atoms with E-state index < -0.39 is 0 Å². The van der Waals surface area contributed by atoms with Gasteiger partial charge in [0.1, 0.15) is 0 Å². The molecule has 1 aromatic rings. The molecule has 5 nitrogen and oxygen atoms in total. The molecule has 1 aliphatic heterocycles. The molecule has 1 unspecified atom stereocenters. The molecule has 1 saturated heterocycles. The molecule has 1 heterocycles. The van der Waals surface area contributed by atoms with Gasteiger partial charge in [0.05, 0.1) is 13.2 Å². The van der Waals surface area contributed by atoms with E-state index in [2.05, 4.69) is 17.6 Å². The number of benzene rings is 1. The minimum absolute atomic E-state index is 0.159. The van der Waals surface area contributed by atoms with Gasteiger partial charge in [0, 0.05) is 13.0 Å². The standard InChI is InChI=1S/C21H34N2O3/c1-4-25-19-7-6-17(15-20(19)26-5-2)8-13-23-21(24)14-16(3)18-9-11-22-12-10-18/h6-7,15-16,18,22H,4-5,8-14H2,1-3H3,(H,23,24). The summed E-state index contributed by atoms with van der Waals surface area (Å²) >= 11 is 0.